The van der Waals surface area contributed by atoms with E-state index in [9.17, 15) is 4.79 Å². The average molecular weight is 334 g/mol. The number of halogens is 2. The van der Waals surface area contributed by atoms with Crippen LogP contribution in [0.5, 0.6) is 0 Å². The zero-order chi connectivity index (χ0) is 12.5. The Balaban J connectivity index is 0.00000162. The SMILES string of the molecule is CC(NC(=O)C1(N)CCC1)c1ccc(Br)cc1.Cl. The highest BCUT2D eigenvalue weighted by Gasteiger charge is 2.40. The third kappa shape index (κ3) is 3.25. The third-order valence-corrected chi connectivity index (χ3v) is 3.94. The van der Waals surface area contributed by atoms with Gasteiger partial charge in [-0.1, -0.05) is 28.1 Å². The molecule has 100 valence electrons. The quantitative estimate of drug-likeness (QED) is 0.893. The van der Waals surface area contributed by atoms with Crippen molar-refractivity contribution >= 4 is 34.2 Å². The highest BCUT2D eigenvalue weighted by molar-refractivity contribution is 9.10. The first-order valence-electron chi connectivity index (χ1n) is 5.86. The van der Waals surface area contributed by atoms with Gasteiger partial charge in [0.2, 0.25) is 5.91 Å². The molecule has 1 unspecified atom stereocenters. The monoisotopic (exact) mass is 332 g/mol. The molecule has 0 heterocycles. The van der Waals surface area contributed by atoms with Gasteiger partial charge in [-0.2, -0.15) is 0 Å². The number of nitrogens with one attached hydrogen (secondary N) is 1. The number of carbonyl (C=O) groups is 1. The molecule has 1 aliphatic rings. The Hall–Kier alpha value is -0.580. The number of hydrogen-bond donors (Lipinski definition) is 2. The van der Waals surface area contributed by atoms with E-state index in [-0.39, 0.29) is 24.4 Å². The summed E-state index contributed by atoms with van der Waals surface area (Å²) in [6.45, 7) is 1.98. The molecular formula is C13H18BrClN2O. The molecule has 3 N–H and O–H groups in total. The maximum absolute atomic E-state index is 12.0. The first-order valence-corrected chi connectivity index (χ1v) is 6.66. The Bertz CT molecular complexity index is 418. The van der Waals surface area contributed by atoms with Gasteiger partial charge >= 0.3 is 0 Å². The summed E-state index contributed by atoms with van der Waals surface area (Å²) < 4.78 is 1.04. The Morgan fingerprint density at radius 2 is 1.94 bits per heavy atom. The number of benzene rings is 1. The minimum atomic E-state index is -0.621. The van der Waals surface area contributed by atoms with Gasteiger partial charge in [0.05, 0.1) is 11.6 Å². The summed E-state index contributed by atoms with van der Waals surface area (Å²) >= 11 is 3.39. The largest absolute Gasteiger partial charge is 0.348 e. The molecule has 0 aromatic heterocycles. The highest BCUT2D eigenvalue weighted by Crippen LogP contribution is 2.30. The lowest BCUT2D eigenvalue weighted by Crippen LogP contribution is -2.58. The van der Waals surface area contributed by atoms with E-state index >= 15 is 0 Å². The summed E-state index contributed by atoms with van der Waals surface area (Å²) in [6.07, 6.45) is 2.65. The Morgan fingerprint density at radius 3 is 2.39 bits per heavy atom. The van der Waals surface area contributed by atoms with Crippen molar-refractivity contribution in [2.24, 2.45) is 5.73 Å². The van der Waals surface area contributed by atoms with Crippen LogP contribution in [0.15, 0.2) is 28.7 Å². The molecule has 1 saturated carbocycles. The number of hydrogen-bond acceptors (Lipinski definition) is 2. The molecule has 1 aliphatic carbocycles. The molecule has 0 bridgehead atoms. The van der Waals surface area contributed by atoms with E-state index < -0.39 is 5.54 Å². The molecule has 2 rings (SSSR count). The van der Waals surface area contributed by atoms with Gasteiger partial charge in [-0.05, 0) is 43.9 Å². The van der Waals surface area contributed by atoms with Crippen LogP contribution in [0.4, 0.5) is 0 Å². The van der Waals surface area contributed by atoms with Crippen molar-refractivity contribution in [1.82, 2.24) is 5.32 Å². The standard InChI is InChI=1S/C13H17BrN2O.ClH/c1-9(10-3-5-11(14)6-4-10)16-12(17)13(15)7-2-8-13;/h3-6,9H,2,7-8,15H2,1H3,(H,16,17);1H. The molecule has 0 saturated heterocycles. The van der Waals surface area contributed by atoms with Crippen LogP contribution in [0.1, 0.15) is 37.8 Å². The second-order valence-electron chi connectivity index (χ2n) is 4.76. The fraction of sp³-hybridized carbons (Fsp3) is 0.462. The summed E-state index contributed by atoms with van der Waals surface area (Å²) in [7, 11) is 0. The zero-order valence-corrected chi connectivity index (χ0v) is 12.7. The molecule has 1 amide bonds. The van der Waals surface area contributed by atoms with Gasteiger partial charge in [-0.15, -0.1) is 12.4 Å². The smallest absolute Gasteiger partial charge is 0.240 e. The van der Waals surface area contributed by atoms with Crippen LogP contribution in [0.25, 0.3) is 0 Å². The second kappa shape index (κ2) is 6.04. The van der Waals surface area contributed by atoms with Crippen LogP contribution < -0.4 is 11.1 Å². The Morgan fingerprint density at radius 1 is 1.39 bits per heavy atom. The van der Waals surface area contributed by atoms with Crippen molar-refractivity contribution in [2.45, 2.75) is 37.8 Å². The van der Waals surface area contributed by atoms with Crippen molar-refractivity contribution in [3.05, 3.63) is 34.3 Å². The molecule has 0 aliphatic heterocycles. The summed E-state index contributed by atoms with van der Waals surface area (Å²) in [4.78, 5) is 12.0. The van der Waals surface area contributed by atoms with Gasteiger partial charge in [0.1, 0.15) is 0 Å². The van der Waals surface area contributed by atoms with Gasteiger partial charge in [0.25, 0.3) is 0 Å². The van der Waals surface area contributed by atoms with Gasteiger partial charge in [-0.3, -0.25) is 4.79 Å². The van der Waals surface area contributed by atoms with Crippen molar-refractivity contribution in [1.29, 1.82) is 0 Å². The van der Waals surface area contributed by atoms with Crippen LogP contribution in [0.2, 0.25) is 0 Å². The summed E-state index contributed by atoms with van der Waals surface area (Å²) in [5.74, 6) is -0.0285. The van der Waals surface area contributed by atoms with Crippen molar-refractivity contribution < 1.29 is 4.79 Å². The van der Waals surface area contributed by atoms with E-state index in [1.165, 1.54) is 0 Å². The van der Waals surface area contributed by atoms with E-state index in [1.54, 1.807) is 0 Å². The van der Waals surface area contributed by atoms with E-state index in [4.69, 9.17) is 5.73 Å². The molecule has 3 nitrogen and oxygen atoms in total. The predicted octanol–water partition coefficient (Wildman–Crippen LogP) is 2.93. The topological polar surface area (TPSA) is 55.1 Å². The van der Waals surface area contributed by atoms with Gasteiger partial charge in [-0.25, -0.2) is 0 Å². The third-order valence-electron chi connectivity index (χ3n) is 3.42. The number of carbonyl (C=O) groups excluding carboxylic acids is 1. The maximum Gasteiger partial charge on any atom is 0.240 e. The maximum atomic E-state index is 12.0. The molecule has 1 aromatic rings. The molecule has 0 radical (unpaired) electrons. The lowest BCUT2D eigenvalue weighted by molar-refractivity contribution is -0.129. The van der Waals surface area contributed by atoms with Crippen LogP contribution >= 0.6 is 28.3 Å². The Kier molecular flexibility index (Phi) is 5.20. The summed E-state index contributed by atoms with van der Waals surface area (Å²) in [5, 5.41) is 2.98. The van der Waals surface area contributed by atoms with Crippen molar-refractivity contribution in [2.75, 3.05) is 0 Å². The molecule has 1 aromatic carbocycles. The molecule has 0 spiro atoms. The van der Waals surface area contributed by atoms with Gasteiger partial charge < -0.3 is 11.1 Å². The van der Waals surface area contributed by atoms with Crippen LogP contribution in [-0.4, -0.2) is 11.4 Å². The number of amides is 1. The molecular weight excluding hydrogens is 316 g/mol. The fourth-order valence-electron chi connectivity index (χ4n) is 1.96. The first-order chi connectivity index (χ1) is 8.01. The van der Waals surface area contributed by atoms with Gasteiger partial charge in [0.15, 0.2) is 0 Å². The molecule has 1 fully saturated rings. The molecule has 18 heavy (non-hydrogen) atoms. The van der Waals surface area contributed by atoms with E-state index in [0.717, 1.165) is 29.3 Å². The van der Waals surface area contributed by atoms with E-state index in [0.29, 0.717) is 0 Å². The van der Waals surface area contributed by atoms with Gasteiger partial charge in [0, 0.05) is 4.47 Å². The minimum absolute atomic E-state index is 0. The lowest BCUT2D eigenvalue weighted by atomic mass is 9.77. The van der Waals surface area contributed by atoms with Crippen LogP contribution in [0.3, 0.4) is 0 Å². The average Bonchev–Trinajstić information content (AvgIpc) is 2.26. The summed E-state index contributed by atoms with van der Waals surface area (Å²) in [5.41, 5.74) is 6.44. The number of nitrogens with two attached hydrogens (primary N) is 1. The van der Waals surface area contributed by atoms with Crippen molar-refractivity contribution in [3.8, 4) is 0 Å². The minimum Gasteiger partial charge on any atom is -0.348 e. The van der Waals surface area contributed by atoms with E-state index in [1.807, 2.05) is 31.2 Å². The van der Waals surface area contributed by atoms with Crippen molar-refractivity contribution in [3.63, 3.8) is 0 Å². The van der Waals surface area contributed by atoms with Crippen LogP contribution in [0, 0.1) is 0 Å². The first kappa shape index (κ1) is 15.5. The lowest BCUT2D eigenvalue weighted by Gasteiger charge is -2.37. The zero-order valence-electron chi connectivity index (χ0n) is 10.3. The fourth-order valence-corrected chi connectivity index (χ4v) is 2.22. The molecule has 1 atom stereocenters. The predicted molar refractivity (Wildman–Crippen MR) is 78.7 cm³/mol. The summed E-state index contributed by atoms with van der Waals surface area (Å²) in [6, 6.07) is 7.94. The second-order valence-corrected chi connectivity index (χ2v) is 5.67. The molecule has 5 heteroatoms. The Labute approximate surface area is 122 Å². The highest BCUT2D eigenvalue weighted by atomic mass is 79.9. The van der Waals surface area contributed by atoms with Crippen LogP contribution in [-0.2, 0) is 4.79 Å². The normalized spacial score (nSPS) is 18.2. The number of rotatable bonds is 3. The van der Waals surface area contributed by atoms with E-state index in [2.05, 4.69) is 21.2 Å².